The number of pyridine rings is 1. The Kier molecular flexibility index (Phi) is 6.63. The SMILES string of the molecule is COC(=O)[C@@H](CCSC)NC(=O)c1cc(C(C)C)nc2c1c(C)nn2C. The first-order chi connectivity index (χ1) is 12.3. The Labute approximate surface area is 157 Å². The number of ether oxygens (including phenoxy) is 1. The molecule has 1 atom stereocenters. The van der Waals surface area contributed by atoms with E-state index in [1.165, 1.54) is 7.11 Å². The van der Waals surface area contributed by atoms with Crippen molar-refractivity contribution in [2.75, 3.05) is 19.1 Å². The molecule has 2 heterocycles. The van der Waals surface area contributed by atoms with E-state index in [0.29, 0.717) is 23.0 Å². The first-order valence-corrected chi connectivity index (χ1v) is 9.91. The second-order valence-electron chi connectivity index (χ2n) is 6.49. The number of thioether (sulfide) groups is 1. The molecule has 26 heavy (non-hydrogen) atoms. The zero-order valence-electron chi connectivity index (χ0n) is 16.1. The molecule has 0 spiro atoms. The number of carbonyl (C=O) groups excluding carboxylic acids is 2. The van der Waals surface area contributed by atoms with Crippen molar-refractivity contribution in [2.45, 2.75) is 39.2 Å². The molecule has 0 bridgehead atoms. The fourth-order valence-corrected chi connectivity index (χ4v) is 3.27. The van der Waals surface area contributed by atoms with Crippen molar-refractivity contribution in [1.82, 2.24) is 20.1 Å². The molecule has 1 amide bonds. The third-order valence-corrected chi connectivity index (χ3v) is 4.87. The van der Waals surface area contributed by atoms with Gasteiger partial charge in [-0.3, -0.25) is 9.48 Å². The molecule has 2 rings (SSSR count). The van der Waals surface area contributed by atoms with Crippen LogP contribution >= 0.6 is 11.8 Å². The maximum absolute atomic E-state index is 13.0. The number of nitrogens with zero attached hydrogens (tertiary/aromatic N) is 3. The summed E-state index contributed by atoms with van der Waals surface area (Å²) in [6.07, 6.45) is 2.47. The van der Waals surface area contributed by atoms with E-state index in [1.54, 1.807) is 22.5 Å². The summed E-state index contributed by atoms with van der Waals surface area (Å²) >= 11 is 1.61. The monoisotopic (exact) mass is 378 g/mol. The standard InChI is InChI=1S/C18H26N4O3S/c1-10(2)14-9-12(15-11(3)21-22(4)16(15)19-14)17(23)20-13(7-8-26-6)18(24)25-5/h9-10,13H,7-8H2,1-6H3,(H,20,23)/t13-/m1/s1. The van der Waals surface area contributed by atoms with Crippen molar-refractivity contribution in [1.29, 1.82) is 0 Å². The van der Waals surface area contributed by atoms with Crippen LogP contribution in [0.2, 0.25) is 0 Å². The zero-order valence-corrected chi connectivity index (χ0v) is 16.9. The summed E-state index contributed by atoms with van der Waals surface area (Å²) in [6.45, 7) is 5.89. The van der Waals surface area contributed by atoms with Crippen molar-refractivity contribution in [2.24, 2.45) is 7.05 Å². The van der Waals surface area contributed by atoms with Gasteiger partial charge in [-0.05, 0) is 37.3 Å². The molecule has 0 fully saturated rings. The van der Waals surface area contributed by atoms with Crippen LogP contribution in [0.1, 0.15) is 47.9 Å². The van der Waals surface area contributed by atoms with Gasteiger partial charge in [0.2, 0.25) is 0 Å². The predicted octanol–water partition coefficient (Wildman–Crippen LogP) is 2.42. The molecular weight excluding hydrogens is 352 g/mol. The van der Waals surface area contributed by atoms with Crippen LogP contribution in [-0.2, 0) is 16.6 Å². The van der Waals surface area contributed by atoms with Crippen LogP contribution in [0.5, 0.6) is 0 Å². The first kappa shape index (κ1) is 20.2. The molecule has 0 aromatic carbocycles. The Hall–Kier alpha value is -2.09. The summed E-state index contributed by atoms with van der Waals surface area (Å²) in [5.41, 5.74) is 2.69. The minimum absolute atomic E-state index is 0.161. The minimum atomic E-state index is -0.678. The highest BCUT2D eigenvalue weighted by molar-refractivity contribution is 7.98. The molecule has 142 valence electrons. The molecular formula is C18H26N4O3S. The number of carbonyl (C=O) groups is 2. The topological polar surface area (TPSA) is 86.1 Å². The summed E-state index contributed by atoms with van der Waals surface area (Å²) in [6, 6.07) is 1.11. The van der Waals surface area contributed by atoms with Gasteiger partial charge in [0.15, 0.2) is 5.65 Å². The molecule has 8 heteroatoms. The number of rotatable bonds is 7. The molecule has 0 aliphatic heterocycles. The van der Waals surface area contributed by atoms with Gasteiger partial charge in [-0.1, -0.05) is 13.8 Å². The molecule has 0 unspecified atom stereocenters. The summed E-state index contributed by atoms with van der Waals surface area (Å²) < 4.78 is 6.51. The molecule has 2 aromatic rings. The first-order valence-electron chi connectivity index (χ1n) is 8.52. The highest BCUT2D eigenvalue weighted by atomic mass is 32.2. The average molecular weight is 378 g/mol. The van der Waals surface area contributed by atoms with E-state index in [9.17, 15) is 9.59 Å². The van der Waals surface area contributed by atoms with Gasteiger partial charge >= 0.3 is 5.97 Å². The van der Waals surface area contributed by atoms with Gasteiger partial charge in [0.1, 0.15) is 6.04 Å². The van der Waals surface area contributed by atoms with E-state index in [-0.39, 0.29) is 11.8 Å². The Morgan fingerprint density at radius 3 is 2.65 bits per heavy atom. The van der Waals surface area contributed by atoms with Gasteiger partial charge in [-0.2, -0.15) is 16.9 Å². The molecule has 7 nitrogen and oxygen atoms in total. The Morgan fingerprint density at radius 2 is 2.08 bits per heavy atom. The highest BCUT2D eigenvalue weighted by Crippen LogP contribution is 2.25. The van der Waals surface area contributed by atoms with Crippen LogP contribution < -0.4 is 5.32 Å². The fourth-order valence-electron chi connectivity index (χ4n) is 2.80. The normalized spacial score (nSPS) is 12.4. The van der Waals surface area contributed by atoms with Crippen LogP contribution in [0, 0.1) is 6.92 Å². The van der Waals surface area contributed by atoms with Crippen molar-refractivity contribution in [3.05, 3.63) is 23.0 Å². The highest BCUT2D eigenvalue weighted by Gasteiger charge is 2.25. The third-order valence-electron chi connectivity index (χ3n) is 4.23. The maximum atomic E-state index is 13.0. The van der Waals surface area contributed by atoms with Crippen LogP contribution in [0.3, 0.4) is 0 Å². The number of aryl methyl sites for hydroxylation is 2. The van der Waals surface area contributed by atoms with Crippen LogP contribution in [-0.4, -0.2) is 51.8 Å². The lowest BCUT2D eigenvalue weighted by atomic mass is 10.0. The van der Waals surface area contributed by atoms with Crippen molar-refractivity contribution in [3.8, 4) is 0 Å². The largest absolute Gasteiger partial charge is 0.467 e. The van der Waals surface area contributed by atoms with E-state index in [0.717, 1.165) is 17.1 Å². The molecule has 0 aliphatic rings. The zero-order chi connectivity index (χ0) is 19.4. The van der Waals surface area contributed by atoms with Gasteiger partial charge in [-0.25, -0.2) is 9.78 Å². The summed E-state index contributed by atoms with van der Waals surface area (Å²) in [4.78, 5) is 29.7. The predicted molar refractivity (Wildman–Crippen MR) is 104 cm³/mol. The number of fused-ring (bicyclic) bond motifs is 1. The molecule has 0 aliphatic carbocycles. The maximum Gasteiger partial charge on any atom is 0.328 e. The molecule has 0 radical (unpaired) electrons. The summed E-state index contributed by atoms with van der Waals surface area (Å²) in [5, 5.41) is 7.93. The second-order valence-corrected chi connectivity index (χ2v) is 7.47. The minimum Gasteiger partial charge on any atom is -0.467 e. The summed E-state index contributed by atoms with van der Waals surface area (Å²) in [5.74, 6) is 0.153. The number of aromatic nitrogens is 3. The smallest absolute Gasteiger partial charge is 0.328 e. The number of hydrogen-bond acceptors (Lipinski definition) is 6. The lowest BCUT2D eigenvalue weighted by molar-refractivity contribution is -0.142. The molecule has 2 aromatic heterocycles. The quantitative estimate of drug-likeness (QED) is 0.745. The van der Waals surface area contributed by atoms with Gasteiger partial charge in [-0.15, -0.1) is 0 Å². The number of esters is 1. The van der Waals surface area contributed by atoms with E-state index in [4.69, 9.17) is 4.74 Å². The van der Waals surface area contributed by atoms with E-state index >= 15 is 0 Å². The van der Waals surface area contributed by atoms with E-state index in [1.807, 2.05) is 34.1 Å². The van der Waals surface area contributed by atoms with Crippen molar-refractivity contribution < 1.29 is 14.3 Å². The number of nitrogens with one attached hydrogen (secondary N) is 1. The lowest BCUT2D eigenvalue weighted by Gasteiger charge is -2.17. The lowest BCUT2D eigenvalue weighted by Crippen LogP contribution is -2.42. The van der Waals surface area contributed by atoms with Crippen LogP contribution in [0.15, 0.2) is 6.07 Å². The third kappa shape index (κ3) is 4.17. The van der Waals surface area contributed by atoms with Crippen molar-refractivity contribution in [3.63, 3.8) is 0 Å². The summed E-state index contributed by atoms with van der Waals surface area (Å²) in [7, 11) is 3.14. The average Bonchev–Trinajstić information content (AvgIpc) is 2.91. The van der Waals surface area contributed by atoms with Gasteiger partial charge in [0.05, 0.1) is 23.8 Å². The van der Waals surface area contributed by atoms with Crippen molar-refractivity contribution >= 4 is 34.7 Å². The number of amides is 1. The second kappa shape index (κ2) is 8.53. The molecule has 0 saturated carbocycles. The Bertz CT molecular complexity index is 816. The Balaban J connectivity index is 2.46. The van der Waals surface area contributed by atoms with Crippen LogP contribution in [0.25, 0.3) is 11.0 Å². The van der Waals surface area contributed by atoms with Gasteiger partial charge in [0.25, 0.3) is 5.91 Å². The van der Waals surface area contributed by atoms with Crippen LogP contribution in [0.4, 0.5) is 0 Å². The Morgan fingerprint density at radius 1 is 1.38 bits per heavy atom. The number of methoxy groups -OCH3 is 1. The van der Waals surface area contributed by atoms with E-state index < -0.39 is 12.0 Å². The van der Waals surface area contributed by atoms with Gasteiger partial charge in [0, 0.05) is 12.7 Å². The van der Waals surface area contributed by atoms with Gasteiger partial charge < -0.3 is 10.1 Å². The fraction of sp³-hybridized carbons (Fsp3) is 0.556. The molecule has 0 saturated heterocycles. The molecule has 1 N–H and O–H groups in total. The van der Waals surface area contributed by atoms with E-state index in [2.05, 4.69) is 15.4 Å². The number of hydrogen-bond donors (Lipinski definition) is 1.